The lowest BCUT2D eigenvalue weighted by Gasteiger charge is -2.35. The fourth-order valence-electron chi connectivity index (χ4n) is 5.80. The number of benzene rings is 3. The predicted molar refractivity (Wildman–Crippen MR) is 164 cm³/mol. The molecule has 0 spiro atoms. The number of hydrogen-bond acceptors (Lipinski definition) is 2. The van der Waals surface area contributed by atoms with Crippen molar-refractivity contribution in [2.24, 2.45) is 11.8 Å². The van der Waals surface area contributed by atoms with Crippen LogP contribution in [0.3, 0.4) is 0 Å². The Labute approximate surface area is 232 Å². The van der Waals surface area contributed by atoms with E-state index in [9.17, 15) is 0 Å². The normalized spacial score (nSPS) is 14.6. The van der Waals surface area contributed by atoms with Gasteiger partial charge in [-0.25, -0.2) is 0 Å². The van der Waals surface area contributed by atoms with E-state index in [4.69, 9.17) is 9.47 Å². The Morgan fingerprint density at radius 2 is 1.11 bits per heavy atom. The van der Waals surface area contributed by atoms with Crippen LogP contribution in [0.2, 0.25) is 0 Å². The Balaban J connectivity index is 1.75. The fourth-order valence-corrected chi connectivity index (χ4v) is 5.80. The van der Waals surface area contributed by atoms with Crippen molar-refractivity contribution in [3.63, 3.8) is 0 Å². The van der Waals surface area contributed by atoms with Crippen LogP contribution >= 0.6 is 0 Å². The first-order valence-corrected chi connectivity index (χ1v) is 15.0. The molecule has 0 aliphatic carbocycles. The molecule has 0 N–H and O–H groups in total. The number of unbranched alkanes of at least 4 members (excludes halogenated alkanes) is 2. The van der Waals surface area contributed by atoms with E-state index < -0.39 is 0 Å². The van der Waals surface area contributed by atoms with Crippen LogP contribution < -0.4 is 4.74 Å². The minimum atomic E-state index is -0.120. The van der Waals surface area contributed by atoms with Crippen LogP contribution in [0.5, 0.6) is 5.75 Å². The van der Waals surface area contributed by atoms with Gasteiger partial charge in [0.15, 0.2) is 0 Å². The van der Waals surface area contributed by atoms with Gasteiger partial charge in [0.25, 0.3) is 0 Å². The van der Waals surface area contributed by atoms with Gasteiger partial charge in [-0.1, -0.05) is 145 Å². The van der Waals surface area contributed by atoms with E-state index in [-0.39, 0.29) is 5.60 Å². The van der Waals surface area contributed by atoms with E-state index in [0.717, 1.165) is 29.7 Å². The van der Waals surface area contributed by atoms with Crippen LogP contribution in [0, 0.1) is 11.8 Å². The summed E-state index contributed by atoms with van der Waals surface area (Å²) in [6.45, 7) is 12.8. The molecule has 3 aromatic carbocycles. The molecule has 38 heavy (non-hydrogen) atoms. The summed E-state index contributed by atoms with van der Waals surface area (Å²) in [4.78, 5) is 0. The molecule has 0 bridgehead atoms. The molecule has 0 amide bonds. The predicted octanol–water partition coefficient (Wildman–Crippen LogP) is 10.6. The summed E-state index contributed by atoms with van der Waals surface area (Å²) in [7, 11) is 0. The monoisotopic (exact) mass is 514 g/mol. The SMILES string of the molecule is CCCCC(C)CC(C)(CC(C)CCCC)OCCOc1c(-c2ccccc2)cccc1-c1ccccc1. The van der Waals surface area contributed by atoms with E-state index in [1.807, 2.05) is 0 Å². The minimum Gasteiger partial charge on any atom is -0.490 e. The number of hydrogen-bond donors (Lipinski definition) is 0. The second kappa shape index (κ2) is 15.7. The average molecular weight is 515 g/mol. The van der Waals surface area contributed by atoms with Gasteiger partial charge in [0.1, 0.15) is 12.4 Å². The highest BCUT2D eigenvalue weighted by atomic mass is 16.5. The largest absolute Gasteiger partial charge is 0.490 e. The van der Waals surface area contributed by atoms with Crippen molar-refractivity contribution >= 4 is 0 Å². The molecule has 0 saturated carbocycles. The third-order valence-corrected chi connectivity index (χ3v) is 7.63. The molecule has 0 aliphatic heterocycles. The zero-order chi connectivity index (χ0) is 27.2. The highest BCUT2D eigenvalue weighted by Crippen LogP contribution is 2.39. The van der Waals surface area contributed by atoms with Gasteiger partial charge in [-0.15, -0.1) is 0 Å². The minimum absolute atomic E-state index is 0.120. The smallest absolute Gasteiger partial charge is 0.135 e. The second-order valence-electron chi connectivity index (χ2n) is 11.5. The van der Waals surface area contributed by atoms with Crippen LogP contribution in [0.25, 0.3) is 22.3 Å². The maximum Gasteiger partial charge on any atom is 0.135 e. The van der Waals surface area contributed by atoms with E-state index in [1.165, 1.54) is 49.7 Å². The Hall–Kier alpha value is -2.58. The van der Waals surface area contributed by atoms with Gasteiger partial charge in [0.05, 0.1) is 12.2 Å². The lowest BCUT2D eigenvalue weighted by atomic mass is 9.82. The van der Waals surface area contributed by atoms with Gasteiger partial charge in [0, 0.05) is 11.1 Å². The molecule has 2 unspecified atom stereocenters. The molecule has 3 aromatic rings. The summed E-state index contributed by atoms with van der Waals surface area (Å²) in [5, 5.41) is 0. The van der Waals surface area contributed by atoms with Crippen molar-refractivity contribution in [3.05, 3.63) is 78.9 Å². The van der Waals surface area contributed by atoms with E-state index in [1.54, 1.807) is 0 Å². The van der Waals surface area contributed by atoms with E-state index in [2.05, 4.69) is 113 Å². The third-order valence-electron chi connectivity index (χ3n) is 7.63. The Bertz CT molecular complexity index is 970. The lowest BCUT2D eigenvalue weighted by Crippen LogP contribution is -2.35. The van der Waals surface area contributed by atoms with Crippen molar-refractivity contribution in [2.45, 2.75) is 91.6 Å². The number of rotatable bonds is 17. The molecular weight excluding hydrogens is 464 g/mol. The molecule has 2 heteroatoms. The summed E-state index contributed by atoms with van der Waals surface area (Å²) in [5.74, 6) is 2.27. The molecule has 0 aromatic heterocycles. The highest BCUT2D eigenvalue weighted by Gasteiger charge is 2.29. The van der Waals surface area contributed by atoms with Crippen LogP contribution in [0.15, 0.2) is 78.9 Å². The molecule has 0 aliphatic rings. The number of para-hydroxylation sites is 1. The van der Waals surface area contributed by atoms with Gasteiger partial charge in [-0.05, 0) is 42.7 Å². The second-order valence-corrected chi connectivity index (χ2v) is 11.5. The summed E-state index contributed by atoms with van der Waals surface area (Å²) in [6, 6.07) is 27.5. The molecule has 0 fully saturated rings. The molecule has 206 valence electrons. The van der Waals surface area contributed by atoms with E-state index >= 15 is 0 Å². The van der Waals surface area contributed by atoms with Gasteiger partial charge >= 0.3 is 0 Å². The Morgan fingerprint density at radius 1 is 0.632 bits per heavy atom. The number of ether oxygens (including phenoxy) is 2. The molecule has 0 heterocycles. The molecule has 0 radical (unpaired) electrons. The first-order chi connectivity index (χ1) is 18.5. The highest BCUT2D eigenvalue weighted by molar-refractivity contribution is 5.82. The first-order valence-electron chi connectivity index (χ1n) is 15.0. The molecule has 3 rings (SSSR count). The van der Waals surface area contributed by atoms with Gasteiger partial charge in [0.2, 0.25) is 0 Å². The van der Waals surface area contributed by atoms with Crippen LogP contribution in [-0.4, -0.2) is 18.8 Å². The summed E-state index contributed by atoms with van der Waals surface area (Å²) in [6.07, 6.45) is 9.88. The van der Waals surface area contributed by atoms with Crippen LogP contribution in [0.1, 0.15) is 86.0 Å². The average Bonchev–Trinajstić information content (AvgIpc) is 2.94. The van der Waals surface area contributed by atoms with Crippen molar-refractivity contribution in [3.8, 4) is 28.0 Å². The topological polar surface area (TPSA) is 18.5 Å². The van der Waals surface area contributed by atoms with Crippen molar-refractivity contribution in [1.29, 1.82) is 0 Å². The Morgan fingerprint density at radius 3 is 1.55 bits per heavy atom. The maximum absolute atomic E-state index is 6.72. The first kappa shape index (κ1) is 30.0. The zero-order valence-electron chi connectivity index (χ0n) is 24.5. The van der Waals surface area contributed by atoms with Crippen LogP contribution in [0.4, 0.5) is 0 Å². The summed E-state index contributed by atoms with van der Waals surface area (Å²) < 4.78 is 13.3. The summed E-state index contributed by atoms with van der Waals surface area (Å²) >= 11 is 0. The summed E-state index contributed by atoms with van der Waals surface area (Å²) in [5.41, 5.74) is 4.46. The van der Waals surface area contributed by atoms with Gasteiger partial charge in [-0.3, -0.25) is 0 Å². The standard InChI is InChI=1S/C36H50O2/c1-6-8-17-29(3)27-36(5,28-30(4)18-9-7-2)38-26-25-37-35-33(31-19-12-10-13-20-31)23-16-24-34(35)32-21-14-11-15-22-32/h10-16,19-24,29-30H,6-9,17-18,25-28H2,1-5H3. The zero-order valence-corrected chi connectivity index (χ0v) is 24.5. The van der Waals surface area contributed by atoms with Gasteiger partial charge in [-0.2, -0.15) is 0 Å². The fraction of sp³-hybridized carbons (Fsp3) is 0.500. The lowest BCUT2D eigenvalue weighted by molar-refractivity contribution is -0.0706. The Kier molecular flexibility index (Phi) is 12.4. The molecule has 2 atom stereocenters. The molecular formula is C36H50O2. The van der Waals surface area contributed by atoms with Crippen LogP contribution in [-0.2, 0) is 4.74 Å². The van der Waals surface area contributed by atoms with Crippen molar-refractivity contribution in [2.75, 3.05) is 13.2 Å². The molecule has 0 saturated heterocycles. The third kappa shape index (κ3) is 9.31. The van der Waals surface area contributed by atoms with Crippen molar-refractivity contribution < 1.29 is 9.47 Å². The van der Waals surface area contributed by atoms with Gasteiger partial charge < -0.3 is 9.47 Å². The maximum atomic E-state index is 6.72. The molecule has 2 nitrogen and oxygen atoms in total. The van der Waals surface area contributed by atoms with Crippen molar-refractivity contribution in [1.82, 2.24) is 0 Å². The quantitative estimate of drug-likeness (QED) is 0.167. The van der Waals surface area contributed by atoms with E-state index in [0.29, 0.717) is 25.0 Å².